The van der Waals surface area contributed by atoms with Crippen LogP contribution >= 0.6 is 0 Å². The van der Waals surface area contributed by atoms with E-state index in [1.807, 2.05) is 0 Å². The van der Waals surface area contributed by atoms with Crippen LogP contribution in [0.1, 0.15) is 41.0 Å². The van der Waals surface area contributed by atoms with E-state index in [4.69, 9.17) is 5.73 Å². The van der Waals surface area contributed by atoms with Gasteiger partial charge in [-0.25, -0.2) is 4.98 Å². The van der Waals surface area contributed by atoms with Crippen molar-refractivity contribution in [1.29, 1.82) is 0 Å². The summed E-state index contributed by atoms with van der Waals surface area (Å²) in [5, 5.41) is 29.7. The molecule has 4 rings (SSSR count). The van der Waals surface area contributed by atoms with Gasteiger partial charge in [0, 0.05) is 35.9 Å². The highest BCUT2D eigenvalue weighted by Crippen LogP contribution is 2.39. The van der Waals surface area contributed by atoms with Crippen LogP contribution in [0.25, 0.3) is 17.2 Å². The molecule has 0 atom stereocenters. The van der Waals surface area contributed by atoms with Crippen molar-refractivity contribution >= 4 is 46.7 Å². The maximum absolute atomic E-state index is 13.2. The van der Waals surface area contributed by atoms with Gasteiger partial charge in [0.25, 0.3) is 17.5 Å². The molecule has 12 heteroatoms. The number of nitro groups is 1. The third kappa shape index (κ3) is 5.07. The number of nitrogens with zero attached hydrogens (tertiary/aromatic N) is 4. The van der Waals surface area contributed by atoms with Gasteiger partial charge in [-0.2, -0.15) is 10.1 Å². The number of amides is 3. The number of pyridine rings is 1. The highest BCUT2D eigenvalue weighted by atomic mass is 16.6. The van der Waals surface area contributed by atoms with Crippen LogP contribution in [0.5, 0.6) is 5.75 Å². The zero-order valence-corrected chi connectivity index (χ0v) is 21.5. The maximum atomic E-state index is 13.2. The first-order chi connectivity index (χ1) is 18.4. The third-order valence-electron chi connectivity index (χ3n) is 6.19. The van der Waals surface area contributed by atoms with Gasteiger partial charge in [0.1, 0.15) is 11.6 Å². The van der Waals surface area contributed by atoms with Crippen molar-refractivity contribution in [3.8, 4) is 16.9 Å². The normalized spacial score (nSPS) is 13.9. The number of aromatic nitrogens is 1. The van der Waals surface area contributed by atoms with Crippen molar-refractivity contribution in [2.45, 2.75) is 27.7 Å². The van der Waals surface area contributed by atoms with E-state index in [2.05, 4.69) is 15.4 Å². The van der Waals surface area contributed by atoms with E-state index in [1.165, 1.54) is 37.3 Å². The molecular formula is C27H24N6O6. The van der Waals surface area contributed by atoms with Crippen molar-refractivity contribution in [2.24, 2.45) is 10.8 Å². The van der Waals surface area contributed by atoms with Gasteiger partial charge in [0.2, 0.25) is 5.91 Å². The van der Waals surface area contributed by atoms with Gasteiger partial charge in [-0.05, 0) is 62.2 Å². The van der Waals surface area contributed by atoms with Crippen LogP contribution in [0.2, 0.25) is 0 Å². The van der Waals surface area contributed by atoms with Crippen LogP contribution in [0.4, 0.5) is 17.2 Å². The zero-order valence-electron chi connectivity index (χ0n) is 21.5. The molecule has 0 fully saturated rings. The summed E-state index contributed by atoms with van der Waals surface area (Å²) in [7, 11) is 0. The van der Waals surface area contributed by atoms with Crippen LogP contribution in [-0.4, -0.2) is 38.4 Å². The Morgan fingerprint density at radius 1 is 1.13 bits per heavy atom. The first-order valence-electron chi connectivity index (χ1n) is 11.7. The lowest BCUT2D eigenvalue weighted by Crippen LogP contribution is -2.21. The number of hydrazone groups is 1. The second kappa shape index (κ2) is 10.2. The van der Waals surface area contributed by atoms with E-state index in [1.54, 1.807) is 39.0 Å². The molecular weight excluding hydrogens is 504 g/mol. The standard InChI is InChI=1S/C27H24N6O6/c1-13-14(2)29-26(30-16(4)34)24(25(28)36)23(13)21-12-17(5-10-22(21)35)11-20-15(3)31-32(27(20)37)18-6-8-19(9-7-18)33(38)39/h5-12,35H,1-4H3,(H2,28,36)(H,29,30,34)/b20-11+. The largest absolute Gasteiger partial charge is 0.507 e. The predicted molar refractivity (Wildman–Crippen MR) is 145 cm³/mol. The Morgan fingerprint density at radius 2 is 1.79 bits per heavy atom. The summed E-state index contributed by atoms with van der Waals surface area (Å²) in [4.78, 5) is 52.1. The van der Waals surface area contributed by atoms with Crippen LogP contribution in [0.3, 0.4) is 0 Å². The predicted octanol–water partition coefficient (Wildman–Crippen LogP) is 3.84. The molecule has 0 radical (unpaired) electrons. The topological polar surface area (TPSA) is 181 Å². The number of phenolic OH excluding ortho intramolecular Hbond substituents is 1. The molecule has 1 aliphatic heterocycles. The van der Waals surface area contributed by atoms with Gasteiger partial charge in [-0.15, -0.1) is 0 Å². The summed E-state index contributed by atoms with van der Waals surface area (Å²) in [6.45, 7) is 6.33. The molecule has 0 saturated carbocycles. The highest BCUT2D eigenvalue weighted by molar-refractivity contribution is 6.32. The van der Waals surface area contributed by atoms with Gasteiger partial charge in [0.05, 0.1) is 27.5 Å². The molecule has 4 N–H and O–H groups in total. The van der Waals surface area contributed by atoms with Crippen molar-refractivity contribution in [1.82, 2.24) is 4.98 Å². The Morgan fingerprint density at radius 3 is 2.38 bits per heavy atom. The molecule has 0 saturated heterocycles. The number of carbonyl (C=O) groups is 3. The molecule has 3 amide bonds. The molecule has 0 bridgehead atoms. The Kier molecular flexibility index (Phi) is 6.95. The third-order valence-corrected chi connectivity index (χ3v) is 6.19. The van der Waals surface area contributed by atoms with Crippen molar-refractivity contribution in [3.05, 3.63) is 80.5 Å². The van der Waals surface area contributed by atoms with Gasteiger partial charge in [0.15, 0.2) is 0 Å². The van der Waals surface area contributed by atoms with Crippen molar-refractivity contribution < 1.29 is 24.4 Å². The molecule has 0 spiro atoms. The molecule has 198 valence electrons. The summed E-state index contributed by atoms with van der Waals surface area (Å²) in [6.07, 6.45) is 1.58. The average Bonchev–Trinajstić information content (AvgIpc) is 3.15. The maximum Gasteiger partial charge on any atom is 0.280 e. The van der Waals surface area contributed by atoms with E-state index in [-0.39, 0.29) is 34.0 Å². The molecule has 12 nitrogen and oxygen atoms in total. The monoisotopic (exact) mass is 528 g/mol. The van der Waals surface area contributed by atoms with Crippen LogP contribution in [-0.2, 0) is 9.59 Å². The molecule has 2 aromatic carbocycles. The number of non-ortho nitro benzene ring substituents is 1. The average molecular weight is 529 g/mol. The fourth-order valence-electron chi connectivity index (χ4n) is 4.21. The first kappa shape index (κ1) is 26.7. The number of nitro benzene ring substituents is 1. The number of anilines is 2. The number of primary amides is 1. The van der Waals surface area contributed by atoms with Crippen LogP contribution in [0.15, 0.2) is 53.1 Å². The summed E-state index contributed by atoms with van der Waals surface area (Å²) in [5.74, 6) is -1.92. The number of benzene rings is 2. The van der Waals surface area contributed by atoms with E-state index >= 15 is 0 Å². The van der Waals surface area contributed by atoms with E-state index in [0.29, 0.717) is 33.8 Å². The summed E-state index contributed by atoms with van der Waals surface area (Å²) in [5.41, 5.74) is 8.67. The minimum atomic E-state index is -0.847. The molecule has 0 unspecified atom stereocenters. The number of carbonyl (C=O) groups excluding carboxylic acids is 3. The van der Waals surface area contributed by atoms with E-state index in [0.717, 1.165) is 5.01 Å². The molecule has 39 heavy (non-hydrogen) atoms. The minimum absolute atomic E-state index is 0.0241. The number of rotatable bonds is 6. The summed E-state index contributed by atoms with van der Waals surface area (Å²) in [6, 6.07) is 10.0. The Hall–Kier alpha value is -5.39. The number of phenols is 1. The lowest BCUT2D eigenvalue weighted by Gasteiger charge is -2.18. The molecule has 3 aromatic rings. The van der Waals surface area contributed by atoms with Crippen molar-refractivity contribution in [3.63, 3.8) is 0 Å². The quantitative estimate of drug-likeness (QED) is 0.247. The fourth-order valence-corrected chi connectivity index (χ4v) is 4.21. The number of hydrogen-bond acceptors (Lipinski definition) is 8. The molecule has 1 aromatic heterocycles. The first-order valence-corrected chi connectivity index (χ1v) is 11.7. The minimum Gasteiger partial charge on any atom is -0.507 e. The van der Waals surface area contributed by atoms with Gasteiger partial charge < -0.3 is 16.2 Å². The number of nitrogens with two attached hydrogens (primary N) is 1. The van der Waals surface area contributed by atoms with Gasteiger partial charge in [-0.1, -0.05) is 6.07 Å². The fraction of sp³-hybridized carbons (Fsp3) is 0.148. The van der Waals surface area contributed by atoms with E-state index in [9.17, 15) is 29.6 Å². The number of hydrogen-bond donors (Lipinski definition) is 3. The number of nitrogens with one attached hydrogen (secondary N) is 1. The zero-order chi connectivity index (χ0) is 28.6. The SMILES string of the molecule is CC(=O)Nc1nc(C)c(C)c(-c2cc(/C=C3/C(=O)N(c4ccc([N+](=O)[O-])cc4)N=C3C)ccc2O)c1C(N)=O. The van der Waals surface area contributed by atoms with Gasteiger partial charge >= 0.3 is 0 Å². The van der Waals surface area contributed by atoms with Crippen LogP contribution in [0, 0.1) is 24.0 Å². The second-order valence-electron chi connectivity index (χ2n) is 8.88. The second-order valence-corrected chi connectivity index (χ2v) is 8.88. The number of aromatic hydroxyl groups is 1. The summed E-state index contributed by atoms with van der Waals surface area (Å²) < 4.78 is 0. The summed E-state index contributed by atoms with van der Waals surface area (Å²) >= 11 is 0. The molecule has 1 aliphatic rings. The highest BCUT2D eigenvalue weighted by Gasteiger charge is 2.29. The lowest BCUT2D eigenvalue weighted by atomic mass is 9.92. The lowest BCUT2D eigenvalue weighted by molar-refractivity contribution is -0.384. The molecule has 0 aliphatic carbocycles. The Bertz CT molecular complexity index is 1620. The van der Waals surface area contributed by atoms with Crippen molar-refractivity contribution in [2.75, 3.05) is 10.3 Å². The Balaban J connectivity index is 1.79. The van der Waals surface area contributed by atoms with Crippen LogP contribution < -0.4 is 16.1 Å². The van der Waals surface area contributed by atoms with E-state index < -0.39 is 22.6 Å². The smallest absolute Gasteiger partial charge is 0.280 e. The van der Waals surface area contributed by atoms with Gasteiger partial charge in [-0.3, -0.25) is 24.5 Å². The number of aryl methyl sites for hydroxylation is 1. The Labute approximate surface area is 222 Å². The molecule has 2 heterocycles.